The molecule has 0 aromatic heterocycles. The van der Waals surface area contributed by atoms with Gasteiger partial charge < -0.3 is 14.7 Å². The van der Waals surface area contributed by atoms with Gasteiger partial charge in [-0.15, -0.1) is 0 Å². The third kappa shape index (κ3) is 3.90. The fraction of sp³-hybridized carbons (Fsp3) is 0.588. The van der Waals surface area contributed by atoms with Crippen LogP contribution in [0.4, 0.5) is 9.18 Å². The van der Waals surface area contributed by atoms with Gasteiger partial charge in [-0.3, -0.25) is 0 Å². The molecule has 1 aliphatic rings. The molecule has 1 heterocycles. The van der Waals surface area contributed by atoms with Gasteiger partial charge in [0.2, 0.25) is 0 Å². The van der Waals surface area contributed by atoms with Crippen molar-refractivity contribution < 1.29 is 19.0 Å². The molecule has 22 heavy (non-hydrogen) atoms. The average Bonchev–Trinajstić information content (AvgIpc) is 2.40. The van der Waals surface area contributed by atoms with Gasteiger partial charge in [0, 0.05) is 6.54 Å². The van der Waals surface area contributed by atoms with Crippen molar-refractivity contribution in [1.82, 2.24) is 4.90 Å². The molecule has 2 rings (SSSR count). The summed E-state index contributed by atoms with van der Waals surface area (Å²) >= 11 is 0. The monoisotopic (exact) mass is 309 g/mol. The largest absolute Gasteiger partial charge is 0.505 e. The summed E-state index contributed by atoms with van der Waals surface area (Å²) in [7, 11) is 0. The number of nitrogens with zero attached hydrogens (tertiary/aromatic N) is 1. The van der Waals surface area contributed by atoms with Crippen molar-refractivity contribution in [3.63, 3.8) is 0 Å². The minimum absolute atomic E-state index is 0.197. The number of carbonyl (C=O) groups is 1. The van der Waals surface area contributed by atoms with Gasteiger partial charge in [0.15, 0.2) is 11.6 Å². The molecular weight excluding hydrogens is 285 g/mol. The molecule has 1 aromatic carbocycles. The van der Waals surface area contributed by atoms with E-state index in [4.69, 9.17) is 4.74 Å². The Hall–Kier alpha value is -1.78. The number of ether oxygens (including phenoxy) is 1. The van der Waals surface area contributed by atoms with Crippen LogP contribution >= 0.6 is 0 Å². The highest BCUT2D eigenvalue weighted by molar-refractivity contribution is 5.69. The van der Waals surface area contributed by atoms with E-state index >= 15 is 0 Å². The molecule has 0 bridgehead atoms. The lowest BCUT2D eigenvalue weighted by molar-refractivity contribution is 0.00359. The first-order valence-corrected chi connectivity index (χ1v) is 7.65. The Balaban J connectivity index is 2.26. The quantitative estimate of drug-likeness (QED) is 0.844. The highest BCUT2D eigenvalue weighted by Gasteiger charge is 2.34. The number of hydrogen-bond donors (Lipinski definition) is 1. The van der Waals surface area contributed by atoms with Crippen molar-refractivity contribution in [2.75, 3.05) is 6.54 Å². The lowest BCUT2D eigenvalue weighted by Crippen LogP contribution is -2.44. The molecule has 1 N–H and O–H groups in total. The van der Waals surface area contributed by atoms with Crippen LogP contribution < -0.4 is 0 Å². The van der Waals surface area contributed by atoms with E-state index in [1.165, 1.54) is 12.1 Å². The maximum absolute atomic E-state index is 13.3. The molecule has 1 aromatic rings. The third-order valence-corrected chi connectivity index (χ3v) is 3.80. The van der Waals surface area contributed by atoms with Gasteiger partial charge in [-0.05, 0) is 57.2 Å². The van der Waals surface area contributed by atoms with Crippen LogP contribution in [0, 0.1) is 11.7 Å². The van der Waals surface area contributed by atoms with E-state index in [9.17, 15) is 14.3 Å². The van der Waals surface area contributed by atoms with E-state index in [1.54, 1.807) is 11.0 Å². The molecule has 0 saturated carbocycles. The normalized spacial score (nSPS) is 22.5. The predicted octanol–water partition coefficient (Wildman–Crippen LogP) is 4.24. The van der Waals surface area contributed by atoms with E-state index in [0.29, 0.717) is 12.5 Å². The maximum atomic E-state index is 13.3. The van der Waals surface area contributed by atoms with Crippen molar-refractivity contribution in [3.05, 3.63) is 29.6 Å². The number of likely N-dealkylation sites (tertiary alicyclic amines) is 1. The molecule has 0 unspecified atom stereocenters. The minimum atomic E-state index is -0.656. The minimum Gasteiger partial charge on any atom is -0.505 e. The highest BCUT2D eigenvalue weighted by Crippen LogP contribution is 2.35. The summed E-state index contributed by atoms with van der Waals surface area (Å²) in [5.74, 6) is -0.658. The number of phenols is 1. The topological polar surface area (TPSA) is 49.8 Å². The van der Waals surface area contributed by atoms with Crippen LogP contribution in [0.3, 0.4) is 0 Å². The maximum Gasteiger partial charge on any atom is 0.410 e. The van der Waals surface area contributed by atoms with Crippen LogP contribution in [0.5, 0.6) is 5.75 Å². The fourth-order valence-corrected chi connectivity index (χ4v) is 2.76. The second kappa shape index (κ2) is 6.15. The van der Waals surface area contributed by atoms with E-state index < -0.39 is 11.4 Å². The molecule has 1 aliphatic heterocycles. The van der Waals surface area contributed by atoms with Gasteiger partial charge in [-0.25, -0.2) is 9.18 Å². The second-order valence-corrected chi connectivity index (χ2v) is 7.04. The number of amides is 1. The highest BCUT2D eigenvalue weighted by atomic mass is 19.1. The van der Waals surface area contributed by atoms with Crippen LogP contribution in [-0.2, 0) is 4.74 Å². The fourth-order valence-electron chi connectivity index (χ4n) is 2.76. The molecule has 0 radical (unpaired) electrons. The predicted molar refractivity (Wildman–Crippen MR) is 82.1 cm³/mol. The van der Waals surface area contributed by atoms with E-state index in [2.05, 4.69) is 6.92 Å². The molecule has 0 aliphatic carbocycles. The number of phenolic OH excluding ortho intramolecular Hbond substituents is 1. The summed E-state index contributed by atoms with van der Waals surface area (Å²) in [6.45, 7) is 8.18. The van der Waals surface area contributed by atoms with Gasteiger partial charge >= 0.3 is 6.09 Å². The standard InChI is InChI=1S/C17H24FNO3/c1-11-5-8-14(12-6-7-13(18)15(20)9-12)19(10-11)16(21)22-17(2,3)4/h6-7,9,11,14,20H,5,8,10H2,1-4H3/t11-,14-/m0/s1. The number of rotatable bonds is 1. The summed E-state index contributed by atoms with van der Waals surface area (Å²) < 4.78 is 18.7. The SMILES string of the molecule is C[C@H]1CC[C@@H](c2ccc(F)c(O)c2)N(C(=O)OC(C)(C)C)C1. The summed E-state index contributed by atoms with van der Waals surface area (Å²) in [5.41, 5.74) is 0.171. The summed E-state index contributed by atoms with van der Waals surface area (Å²) in [6.07, 6.45) is 1.38. The zero-order valence-corrected chi connectivity index (χ0v) is 13.6. The summed E-state index contributed by atoms with van der Waals surface area (Å²) in [6, 6.07) is 4.05. The lowest BCUT2D eigenvalue weighted by atomic mass is 9.90. The Morgan fingerprint density at radius 2 is 2.05 bits per heavy atom. The zero-order chi connectivity index (χ0) is 16.5. The number of halogens is 1. The van der Waals surface area contributed by atoms with Crippen molar-refractivity contribution in [1.29, 1.82) is 0 Å². The van der Waals surface area contributed by atoms with Gasteiger partial charge in [-0.1, -0.05) is 13.0 Å². The molecule has 1 amide bonds. The number of carbonyl (C=O) groups excluding carboxylic acids is 1. The van der Waals surface area contributed by atoms with Crippen LogP contribution in [-0.4, -0.2) is 28.2 Å². The van der Waals surface area contributed by atoms with Crippen molar-refractivity contribution in [2.45, 2.75) is 52.2 Å². The Morgan fingerprint density at radius 1 is 1.36 bits per heavy atom. The third-order valence-electron chi connectivity index (χ3n) is 3.80. The van der Waals surface area contributed by atoms with Gasteiger partial charge in [0.25, 0.3) is 0 Å². The van der Waals surface area contributed by atoms with Crippen LogP contribution in [0.1, 0.15) is 52.1 Å². The number of aromatic hydroxyl groups is 1. The van der Waals surface area contributed by atoms with Crippen LogP contribution in [0.25, 0.3) is 0 Å². The van der Waals surface area contributed by atoms with Crippen molar-refractivity contribution in [3.8, 4) is 5.75 Å². The van der Waals surface area contributed by atoms with E-state index in [-0.39, 0.29) is 17.9 Å². The zero-order valence-electron chi connectivity index (χ0n) is 13.6. The molecule has 1 fully saturated rings. The molecule has 1 saturated heterocycles. The Kier molecular flexibility index (Phi) is 4.63. The first-order chi connectivity index (χ1) is 10.2. The smallest absolute Gasteiger partial charge is 0.410 e. The molecule has 4 nitrogen and oxygen atoms in total. The molecule has 2 atom stereocenters. The van der Waals surface area contributed by atoms with Crippen molar-refractivity contribution >= 4 is 6.09 Å². The van der Waals surface area contributed by atoms with Gasteiger partial charge in [0.1, 0.15) is 5.60 Å². The lowest BCUT2D eigenvalue weighted by Gasteiger charge is -2.39. The van der Waals surface area contributed by atoms with Crippen molar-refractivity contribution in [2.24, 2.45) is 5.92 Å². The first kappa shape index (κ1) is 16.6. The Labute approximate surface area is 130 Å². The van der Waals surface area contributed by atoms with E-state index in [1.807, 2.05) is 20.8 Å². The number of benzene rings is 1. The number of hydrogen-bond acceptors (Lipinski definition) is 3. The van der Waals surface area contributed by atoms with E-state index in [0.717, 1.165) is 18.4 Å². The van der Waals surface area contributed by atoms with Gasteiger partial charge in [-0.2, -0.15) is 0 Å². The summed E-state index contributed by atoms with van der Waals surface area (Å²) in [5, 5.41) is 9.58. The summed E-state index contributed by atoms with van der Waals surface area (Å²) in [4.78, 5) is 14.1. The van der Waals surface area contributed by atoms with Crippen LogP contribution in [0.2, 0.25) is 0 Å². The first-order valence-electron chi connectivity index (χ1n) is 7.65. The molecule has 5 heteroatoms. The average molecular weight is 309 g/mol. The number of piperidine rings is 1. The van der Waals surface area contributed by atoms with Gasteiger partial charge in [0.05, 0.1) is 6.04 Å². The molecular formula is C17H24FNO3. The molecule has 122 valence electrons. The Morgan fingerprint density at radius 3 is 2.64 bits per heavy atom. The molecule has 0 spiro atoms. The second-order valence-electron chi connectivity index (χ2n) is 7.04. The van der Waals surface area contributed by atoms with Crippen LogP contribution in [0.15, 0.2) is 18.2 Å². The Bertz CT molecular complexity index is 553.